The Labute approximate surface area is 169 Å². The third kappa shape index (κ3) is 4.01. The van der Waals surface area contributed by atoms with E-state index in [-0.39, 0.29) is 5.91 Å². The molecule has 0 radical (unpaired) electrons. The summed E-state index contributed by atoms with van der Waals surface area (Å²) in [6, 6.07) is 14.3. The zero-order valence-electron chi connectivity index (χ0n) is 14.3. The Bertz CT molecular complexity index is 946. The van der Waals surface area contributed by atoms with E-state index in [1.165, 1.54) is 4.90 Å². The number of carboxylic acids is 1. The van der Waals surface area contributed by atoms with Crippen LogP contribution in [0.25, 0.3) is 6.08 Å². The Hall–Kier alpha value is -2.71. The van der Waals surface area contributed by atoms with Crippen molar-refractivity contribution in [2.24, 2.45) is 0 Å². The molecule has 1 saturated heterocycles. The topological polar surface area (TPSA) is 70.1 Å². The molecule has 0 aliphatic carbocycles. The minimum atomic E-state index is -1.08. The van der Waals surface area contributed by atoms with E-state index in [1.54, 1.807) is 36.2 Å². The molecule has 1 fully saturated rings. The fraction of sp³-hybridized carbons (Fsp3) is 0.105. The number of benzene rings is 2. The number of para-hydroxylation sites is 1. The maximum Gasteiger partial charge on any atom is 0.341 e. The van der Waals surface area contributed by atoms with Crippen molar-refractivity contribution in [3.8, 4) is 5.75 Å². The molecular formula is C19H15BrN2O4S. The monoisotopic (exact) mass is 446 g/mol. The molecule has 1 heterocycles. The van der Waals surface area contributed by atoms with Crippen LogP contribution in [-0.2, 0) is 9.59 Å². The number of carboxylic acid groups (broad SMARTS) is 1. The fourth-order valence-corrected chi connectivity index (χ4v) is 3.28. The summed E-state index contributed by atoms with van der Waals surface area (Å²) in [4.78, 5) is 26.9. The predicted molar refractivity (Wildman–Crippen MR) is 110 cm³/mol. The van der Waals surface area contributed by atoms with Crippen LogP contribution in [0.2, 0.25) is 0 Å². The summed E-state index contributed by atoms with van der Waals surface area (Å²) in [5.74, 6) is -0.988. The van der Waals surface area contributed by atoms with Gasteiger partial charge in [0.2, 0.25) is 0 Å². The fourth-order valence-electron chi connectivity index (χ4n) is 2.61. The second-order valence-electron chi connectivity index (χ2n) is 5.71. The van der Waals surface area contributed by atoms with Gasteiger partial charge in [0.1, 0.15) is 11.4 Å². The van der Waals surface area contributed by atoms with Gasteiger partial charge in [0.25, 0.3) is 5.91 Å². The molecule has 6 nitrogen and oxygen atoms in total. The van der Waals surface area contributed by atoms with Crippen molar-refractivity contribution in [1.82, 2.24) is 4.90 Å². The van der Waals surface area contributed by atoms with Crippen LogP contribution < -0.4 is 9.64 Å². The quantitative estimate of drug-likeness (QED) is 0.559. The first-order valence-electron chi connectivity index (χ1n) is 7.91. The molecule has 0 unspecified atom stereocenters. The van der Waals surface area contributed by atoms with Crippen molar-refractivity contribution >= 4 is 56.9 Å². The number of hydrogen-bond donors (Lipinski definition) is 1. The van der Waals surface area contributed by atoms with E-state index in [1.807, 2.05) is 30.3 Å². The van der Waals surface area contributed by atoms with E-state index in [0.29, 0.717) is 27.8 Å². The Kier molecular flexibility index (Phi) is 5.57. The van der Waals surface area contributed by atoms with Crippen LogP contribution in [0.5, 0.6) is 5.75 Å². The molecule has 0 spiro atoms. The van der Waals surface area contributed by atoms with Crippen LogP contribution in [0.3, 0.4) is 0 Å². The molecule has 1 aliphatic rings. The van der Waals surface area contributed by atoms with Gasteiger partial charge in [-0.3, -0.25) is 9.69 Å². The highest BCUT2D eigenvalue weighted by Gasteiger charge is 2.36. The summed E-state index contributed by atoms with van der Waals surface area (Å²) in [6.45, 7) is -0.476. The highest BCUT2D eigenvalue weighted by Crippen LogP contribution is 2.31. The van der Waals surface area contributed by atoms with E-state index in [2.05, 4.69) is 15.9 Å². The first kappa shape index (κ1) is 19.1. The average molecular weight is 447 g/mol. The number of rotatable bonds is 5. The lowest BCUT2D eigenvalue weighted by Gasteiger charge is -2.16. The largest absolute Gasteiger partial charge is 0.481 e. The third-order valence-corrected chi connectivity index (χ3v) is 4.84. The Morgan fingerprint density at radius 1 is 1.26 bits per heavy atom. The van der Waals surface area contributed by atoms with Gasteiger partial charge in [-0.15, -0.1) is 0 Å². The standard InChI is InChI=1S/C19H15BrN2O4S/c1-21-15(18(25)22(19(21)27)14-5-3-2-4-6-14)10-12-9-13(20)7-8-16(12)26-11-17(23)24/h2-10H,11H2,1H3,(H,23,24)/b15-10-. The van der Waals surface area contributed by atoms with Crippen LogP contribution in [-0.4, -0.2) is 40.6 Å². The molecule has 0 atom stereocenters. The molecule has 1 N–H and O–H groups in total. The average Bonchev–Trinajstić information content (AvgIpc) is 2.85. The molecular weight excluding hydrogens is 432 g/mol. The van der Waals surface area contributed by atoms with Crippen molar-refractivity contribution in [3.05, 3.63) is 64.3 Å². The first-order valence-corrected chi connectivity index (χ1v) is 9.11. The van der Waals surface area contributed by atoms with Gasteiger partial charge in [0, 0.05) is 17.1 Å². The van der Waals surface area contributed by atoms with Gasteiger partial charge in [-0.1, -0.05) is 34.1 Å². The molecule has 1 aliphatic heterocycles. The summed E-state index contributed by atoms with van der Waals surface area (Å²) >= 11 is 8.81. The highest BCUT2D eigenvalue weighted by atomic mass is 79.9. The van der Waals surface area contributed by atoms with Gasteiger partial charge >= 0.3 is 5.97 Å². The number of nitrogens with zero attached hydrogens (tertiary/aromatic N) is 2. The number of hydrogen-bond acceptors (Lipinski definition) is 4. The number of anilines is 1. The molecule has 0 aromatic heterocycles. The summed E-state index contributed by atoms with van der Waals surface area (Å²) in [5, 5.41) is 9.21. The molecule has 3 rings (SSSR count). The van der Waals surface area contributed by atoms with E-state index < -0.39 is 12.6 Å². The highest BCUT2D eigenvalue weighted by molar-refractivity contribution is 9.10. The van der Waals surface area contributed by atoms with Crippen LogP contribution in [0.4, 0.5) is 5.69 Å². The second kappa shape index (κ2) is 7.89. The van der Waals surface area contributed by atoms with E-state index in [9.17, 15) is 9.59 Å². The van der Waals surface area contributed by atoms with Gasteiger partial charge in [-0.25, -0.2) is 4.79 Å². The van der Waals surface area contributed by atoms with Gasteiger partial charge < -0.3 is 14.7 Å². The maximum absolute atomic E-state index is 13.0. The molecule has 8 heteroatoms. The summed E-state index contributed by atoms with van der Waals surface area (Å²) in [7, 11) is 1.71. The van der Waals surface area contributed by atoms with Crippen molar-refractivity contribution < 1.29 is 19.4 Å². The van der Waals surface area contributed by atoms with Crippen molar-refractivity contribution in [3.63, 3.8) is 0 Å². The SMILES string of the molecule is CN1C(=S)N(c2ccccc2)C(=O)/C1=C/c1cc(Br)ccc1OCC(=O)O. The van der Waals surface area contributed by atoms with Gasteiger partial charge in [-0.05, 0) is 48.6 Å². The molecule has 0 bridgehead atoms. The number of aliphatic carboxylic acids is 1. The normalized spacial score (nSPS) is 15.6. The van der Waals surface area contributed by atoms with Crippen molar-refractivity contribution in [2.75, 3.05) is 18.6 Å². The smallest absolute Gasteiger partial charge is 0.341 e. The molecule has 0 saturated carbocycles. The Morgan fingerprint density at radius 2 is 1.96 bits per heavy atom. The molecule has 27 heavy (non-hydrogen) atoms. The van der Waals surface area contributed by atoms with Crippen LogP contribution in [0.1, 0.15) is 5.56 Å². The zero-order valence-corrected chi connectivity index (χ0v) is 16.7. The number of carbonyl (C=O) groups is 2. The first-order chi connectivity index (χ1) is 12.9. The summed E-state index contributed by atoms with van der Waals surface area (Å²) in [5.41, 5.74) is 1.61. The van der Waals surface area contributed by atoms with E-state index >= 15 is 0 Å². The second-order valence-corrected chi connectivity index (χ2v) is 6.99. The number of carbonyl (C=O) groups excluding carboxylic acids is 1. The maximum atomic E-state index is 13.0. The number of thiocarbonyl (C=S) groups is 1. The zero-order chi connectivity index (χ0) is 19.6. The summed E-state index contributed by atoms with van der Waals surface area (Å²) in [6.07, 6.45) is 1.64. The Balaban J connectivity index is 2.00. The lowest BCUT2D eigenvalue weighted by molar-refractivity contribution is -0.139. The minimum absolute atomic E-state index is 0.266. The molecule has 2 aromatic carbocycles. The predicted octanol–water partition coefficient (Wildman–Crippen LogP) is 3.52. The lowest BCUT2D eigenvalue weighted by atomic mass is 10.1. The van der Waals surface area contributed by atoms with E-state index in [0.717, 1.165) is 4.47 Å². The van der Waals surface area contributed by atoms with Crippen molar-refractivity contribution in [1.29, 1.82) is 0 Å². The van der Waals surface area contributed by atoms with Gasteiger partial charge in [0.05, 0.1) is 5.69 Å². The molecule has 1 amide bonds. The lowest BCUT2D eigenvalue weighted by Crippen LogP contribution is -2.30. The molecule has 138 valence electrons. The number of ether oxygens (including phenoxy) is 1. The van der Waals surface area contributed by atoms with Crippen LogP contribution in [0.15, 0.2) is 58.7 Å². The van der Waals surface area contributed by atoms with Crippen LogP contribution >= 0.6 is 28.1 Å². The Morgan fingerprint density at radius 3 is 2.63 bits per heavy atom. The van der Waals surface area contributed by atoms with E-state index in [4.69, 9.17) is 22.1 Å². The van der Waals surface area contributed by atoms with Gasteiger partial charge in [0.15, 0.2) is 11.7 Å². The van der Waals surface area contributed by atoms with Crippen LogP contribution in [0, 0.1) is 0 Å². The van der Waals surface area contributed by atoms with Gasteiger partial charge in [-0.2, -0.15) is 0 Å². The minimum Gasteiger partial charge on any atom is -0.481 e. The summed E-state index contributed by atoms with van der Waals surface area (Å²) < 4.78 is 6.10. The van der Waals surface area contributed by atoms with Crippen molar-refractivity contribution in [2.45, 2.75) is 0 Å². The molecule has 2 aromatic rings. The number of likely N-dealkylation sites (N-methyl/N-ethyl adjacent to an activating group) is 1. The third-order valence-electron chi connectivity index (χ3n) is 3.89. The number of amides is 1. The number of halogens is 1.